The van der Waals surface area contributed by atoms with Crippen LogP contribution in [-0.4, -0.2) is 99.1 Å². The number of imide groups is 1. The summed E-state index contributed by atoms with van der Waals surface area (Å²) in [5.74, 6) is -9.09. The van der Waals surface area contributed by atoms with Crippen LogP contribution in [0.15, 0.2) is 24.3 Å². The van der Waals surface area contributed by atoms with Crippen LogP contribution in [0.1, 0.15) is 27.5 Å². The third-order valence-electron chi connectivity index (χ3n) is 6.67. The van der Waals surface area contributed by atoms with E-state index in [1.165, 1.54) is 6.07 Å². The number of fused-ring (bicyclic) bond motifs is 1. The largest absolute Gasteiger partial charge is 0.547 e. The molecular formula is C24H24BClFN5O10. The van der Waals surface area contributed by atoms with Crippen LogP contribution >= 0.6 is 11.6 Å². The number of carbonyl (C=O) groups is 5. The van der Waals surface area contributed by atoms with Gasteiger partial charge in [-0.1, -0.05) is 23.7 Å². The molecule has 4 rings (SSSR count). The number of benzene rings is 2. The Kier molecular flexibility index (Phi) is 8.74. The Morgan fingerprint density at radius 2 is 1.88 bits per heavy atom. The lowest BCUT2D eigenvalue weighted by molar-refractivity contribution is -0.153. The molecular weight excluding hydrogens is 584 g/mol. The molecule has 2 aliphatic rings. The number of nitrogens with zero attached hydrogens (tertiary/aromatic N) is 2. The Hall–Kier alpha value is -4.61. The summed E-state index contributed by atoms with van der Waals surface area (Å²) in [6.07, 6.45) is -0.228. The Bertz CT molecular complexity index is 1480. The van der Waals surface area contributed by atoms with Gasteiger partial charge in [0.25, 0.3) is 0 Å². The molecule has 2 unspecified atom stereocenters. The van der Waals surface area contributed by atoms with Gasteiger partial charge in [-0.25, -0.2) is 14.0 Å². The van der Waals surface area contributed by atoms with Gasteiger partial charge in [0.1, 0.15) is 23.2 Å². The molecule has 2 heterocycles. The lowest BCUT2D eigenvalue weighted by Crippen LogP contribution is -2.60. The van der Waals surface area contributed by atoms with Gasteiger partial charge in [0, 0.05) is 31.7 Å². The van der Waals surface area contributed by atoms with Crippen molar-refractivity contribution in [3.05, 3.63) is 51.8 Å². The molecule has 2 aliphatic heterocycles. The third kappa shape index (κ3) is 5.74. The number of nitrogens with one attached hydrogen (secondary N) is 2. The van der Waals surface area contributed by atoms with E-state index in [0.717, 1.165) is 23.1 Å². The molecule has 2 aromatic carbocycles. The smallest absolute Gasteiger partial charge is 0.534 e. The van der Waals surface area contributed by atoms with E-state index >= 15 is 0 Å². The Balaban J connectivity index is 1.61. The number of carboxylic acids is 1. The maximum Gasteiger partial charge on any atom is 0.547 e. The highest BCUT2D eigenvalue weighted by Crippen LogP contribution is 2.38. The fourth-order valence-electron chi connectivity index (χ4n) is 4.54. The number of nitrogens with two attached hydrogens (primary N) is 1. The zero-order chi connectivity index (χ0) is 30.9. The zero-order valence-corrected chi connectivity index (χ0v) is 22.3. The maximum atomic E-state index is 14.1. The number of hydrogen-bond acceptors (Lipinski definition) is 10. The van der Waals surface area contributed by atoms with E-state index < -0.39 is 82.5 Å². The minimum absolute atomic E-state index is 0.0171. The molecule has 5 amide bonds. The number of aromatic hydroxyl groups is 2. The van der Waals surface area contributed by atoms with Gasteiger partial charge < -0.3 is 46.3 Å². The number of hydrogen-bond donors (Lipinski definition) is 7. The number of carbonyl (C=O) groups excluding carboxylic acids is 4. The van der Waals surface area contributed by atoms with E-state index in [1.807, 2.05) is 0 Å². The van der Waals surface area contributed by atoms with Gasteiger partial charge in [-0.05, 0) is 24.1 Å². The number of aromatic carboxylic acids is 1. The first-order valence-corrected chi connectivity index (χ1v) is 12.7. The minimum atomic E-state index is -1.86. The van der Waals surface area contributed by atoms with Crippen LogP contribution in [0.2, 0.25) is 5.02 Å². The van der Waals surface area contributed by atoms with Crippen molar-refractivity contribution in [1.29, 1.82) is 0 Å². The number of halogens is 2. The van der Waals surface area contributed by atoms with Gasteiger partial charge in [-0.2, -0.15) is 0 Å². The molecule has 42 heavy (non-hydrogen) atoms. The summed E-state index contributed by atoms with van der Waals surface area (Å²) < 4.78 is 19.3. The van der Waals surface area contributed by atoms with E-state index in [0.29, 0.717) is 4.90 Å². The van der Waals surface area contributed by atoms with Crippen LogP contribution in [0.5, 0.6) is 17.2 Å². The van der Waals surface area contributed by atoms with Crippen LogP contribution in [-0.2, 0) is 20.8 Å². The average Bonchev–Trinajstić information content (AvgIpc) is 2.93. The second-order valence-corrected chi connectivity index (χ2v) is 9.68. The van der Waals surface area contributed by atoms with Gasteiger partial charge in [0.05, 0.1) is 11.0 Å². The number of phenols is 2. The first-order chi connectivity index (χ1) is 19.8. The molecule has 1 saturated heterocycles. The molecule has 0 aromatic heterocycles. The van der Waals surface area contributed by atoms with E-state index in [2.05, 4.69) is 10.6 Å². The molecule has 15 nitrogen and oxygen atoms in total. The van der Waals surface area contributed by atoms with Crippen molar-refractivity contribution in [1.82, 2.24) is 20.4 Å². The van der Waals surface area contributed by atoms with Gasteiger partial charge in [0.2, 0.25) is 5.91 Å². The van der Waals surface area contributed by atoms with E-state index in [9.17, 15) is 48.7 Å². The molecule has 18 heteroatoms. The predicted octanol–water partition coefficient (Wildman–Crippen LogP) is -0.892. The number of urea groups is 1. The molecule has 1 fully saturated rings. The molecule has 8 N–H and O–H groups in total. The molecule has 2 aromatic rings. The normalized spacial score (nSPS) is 17.3. The van der Waals surface area contributed by atoms with Crippen molar-refractivity contribution in [2.45, 2.75) is 18.4 Å². The molecule has 0 radical (unpaired) electrons. The van der Waals surface area contributed by atoms with E-state index in [4.69, 9.17) is 22.0 Å². The molecule has 0 spiro atoms. The zero-order valence-electron chi connectivity index (χ0n) is 21.5. The summed E-state index contributed by atoms with van der Waals surface area (Å²) in [5.41, 5.74) is 4.54. The monoisotopic (exact) mass is 607 g/mol. The summed E-state index contributed by atoms with van der Waals surface area (Å²) in [6, 6.07) is 1.26. The first kappa shape index (κ1) is 30.4. The topological polar surface area (TPSA) is 232 Å². The number of piperazine rings is 1. The quantitative estimate of drug-likeness (QED) is 0.116. The van der Waals surface area contributed by atoms with Crippen LogP contribution in [0.25, 0.3) is 0 Å². The summed E-state index contributed by atoms with van der Waals surface area (Å²) in [7, 11) is -1.86. The number of phenolic OH excluding ortho intramolecular Hbond substituents is 2. The molecule has 0 bridgehead atoms. The fraction of sp³-hybridized carbons (Fsp3) is 0.292. The summed E-state index contributed by atoms with van der Waals surface area (Å²) in [4.78, 5) is 64.8. The highest BCUT2D eigenvalue weighted by molar-refractivity contribution is 6.47. The highest BCUT2D eigenvalue weighted by Gasteiger charge is 2.42. The van der Waals surface area contributed by atoms with Crippen molar-refractivity contribution < 1.29 is 53.4 Å². The van der Waals surface area contributed by atoms with E-state index in [1.54, 1.807) is 0 Å². The summed E-state index contributed by atoms with van der Waals surface area (Å²) >= 11 is 6.15. The van der Waals surface area contributed by atoms with Crippen LogP contribution < -0.4 is 21.0 Å². The van der Waals surface area contributed by atoms with Crippen LogP contribution in [0.3, 0.4) is 0 Å². The second-order valence-electron chi connectivity index (χ2n) is 9.30. The van der Waals surface area contributed by atoms with E-state index in [-0.39, 0.29) is 43.7 Å². The number of carboxylic acid groups (broad SMARTS) is 1. The Morgan fingerprint density at radius 3 is 2.55 bits per heavy atom. The van der Waals surface area contributed by atoms with Gasteiger partial charge >= 0.3 is 30.9 Å². The van der Waals surface area contributed by atoms with Crippen molar-refractivity contribution >= 4 is 48.4 Å². The fourth-order valence-corrected chi connectivity index (χ4v) is 4.81. The molecule has 2 atom stereocenters. The molecule has 0 saturated carbocycles. The Morgan fingerprint density at radius 1 is 1.17 bits per heavy atom. The maximum absolute atomic E-state index is 14.1. The van der Waals surface area contributed by atoms with Crippen molar-refractivity contribution in [2.75, 3.05) is 26.2 Å². The summed E-state index contributed by atoms with van der Waals surface area (Å²) in [6.45, 7) is -0.0719. The lowest BCUT2D eigenvalue weighted by Gasteiger charge is -2.34. The lowest BCUT2D eigenvalue weighted by atomic mass is 9.72. The summed E-state index contributed by atoms with van der Waals surface area (Å²) in [5, 5.41) is 43.9. The van der Waals surface area contributed by atoms with Crippen LogP contribution in [0.4, 0.5) is 9.18 Å². The van der Waals surface area contributed by atoms with Gasteiger partial charge in [-0.15, -0.1) is 0 Å². The van der Waals surface area contributed by atoms with Crippen LogP contribution in [0, 0.1) is 5.82 Å². The van der Waals surface area contributed by atoms with Crippen molar-refractivity contribution in [3.63, 3.8) is 0 Å². The standard InChI is InChI=1S/C24H24BClFN5O10/c26-16-11(2-4-13(33)18(16)34)17(30-24(40)32-8-7-31(6-5-28)21(36)22(32)37)20(35)29-14-9-10-1-3-12(27)15(23(38)39)19(10)42-25(14)41/h1-4,14,17,33-34,41H,5-9,28H2,(H,29,35)(H,30,40)(H,38,39). The highest BCUT2D eigenvalue weighted by atomic mass is 35.5. The van der Waals surface area contributed by atoms with Gasteiger partial charge in [-0.3, -0.25) is 19.3 Å². The SMILES string of the molecule is NCCN1CCN(C(=O)NC(C(=O)NC2Cc3ccc(F)c(C(=O)O)c3OB2O)c2ccc(O)c(O)c2Cl)C(=O)C1=O. The first-order valence-electron chi connectivity index (χ1n) is 12.4. The van der Waals surface area contributed by atoms with Crippen molar-refractivity contribution in [2.24, 2.45) is 5.73 Å². The third-order valence-corrected chi connectivity index (χ3v) is 7.07. The van der Waals surface area contributed by atoms with Crippen molar-refractivity contribution in [3.8, 4) is 17.2 Å². The average molecular weight is 608 g/mol. The molecule has 222 valence electrons. The Labute approximate surface area is 241 Å². The number of rotatable bonds is 7. The second kappa shape index (κ2) is 12.1. The minimum Gasteiger partial charge on any atom is -0.534 e. The molecule has 0 aliphatic carbocycles. The number of amides is 5. The van der Waals surface area contributed by atoms with Gasteiger partial charge in [0.15, 0.2) is 11.5 Å². The predicted molar refractivity (Wildman–Crippen MR) is 141 cm³/mol.